The van der Waals surface area contributed by atoms with Gasteiger partial charge in [0.1, 0.15) is 11.8 Å². The minimum absolute atomic E-state index is 0.298. The summed E-state index contributed by atoms with van der Waals surface area (Å²) in [7, 11) is -2.12. The first-order chi connectivity index (χ1) is 13.2. The number of carbonyl (C=O) groups excluding carboxylic acids is 1. The minimum atomic E-state index is -3.70. The molecular weight excluding hydrogens is 400 g/mol. The van der Waals surface area contributed by atoms with Crippen LogP contribution >= 0.6 is 11.6 Å². The summed E-state index contributed by atoms with van der Waals surface area (Å²) in [6, 6.07) is 12.6. The molecule has 2 aromatic rings. The Morgan fingerprint density at radius 3 is 2.36 bits per heavy atom. The van der Waals surface area contributed by atoms with Crippen molar-refractivity contribution in [2.24, 2.45) is 0 Å². The van der Waals surface area contributed by atoms with E-state index >= 15 is 0 Å². The topological polar surface area (TPSA) is 75.7 Å². The maximum Gasteiger partial charge on any atom is 0.244 e. The molecule has 6 nitrogen and oxygen atoms in total. The largest absolute Gasteiger partial charge is 0.497 e. The number of benzene rings is 2. The molecule has 0 fully saturated rings. The number of rotatable bonds is 8. The van der Waals surface area contributed by atoms with E-state index in [1.165, 1.54) is 6.07 Å². The third-order valence-corrected chi connectivity index (χ3v) is 5.78. The normalized spacial score (nSPS) is 13.5. The molecule has 0 saturated carbocycles. The summed E-state index contributed by atoms with van der Waals surface area (Å²) < 4.78 is 31.2. The average molecular weight is 425 g/mol. The molecule has 28 heavy (non-hydrogen) atoms. The van der Waals surface area contributed by atoms with Gasteiger partial charge < -0.3 is 10.1 Å². The number of nitrogens with zero attached hydrogens (tertiary/aromatic N) is 1. The monoisotopic (exact) mass is 424 g/mol. The number of methoxy groups -OCH3 is 1. The molecule has 2 aromatic carbocycles. The molecule has 0 aliphatic carbocycles. The van der Waals surface area contributed by atoms with Gasteiger partial charge in [0.15, 0.2) is 0 Å². The van der Waals surface area contributed by atoms with Crippen LogP contribution in [0.2, 0.25) is 5.02 Å². The highest BCUT2D eigenvalue weighted by Crippen LogP contribution is 2.26. The maximum absolute atomic E-state index is 13.0. The standard InChI is InChI=1S/C20H25ClN2O4S/c1-5-19(23(28(4,25)26)17-8-6-7-16(21)13-17)20(24)22-14(2)15-9-11-18(27-3)12-10-15/h6-14,19H,5H2,1-4H3,(H,22,24)/t14-,19-/m1/s1. The SMILES string of the molecule is CC[C@H](C(=O)N[C@H](C)c1ccc(OC)cc1)N(c1cccc(Cl)c1)S(C)(=O)=O. The van der Waals surface area contributed by atoms with Crippen molar-refractivity contribution in [3.05, 3.63) is 59.1 Å². The molecule has 0 aliphatic heterocycles. The van der Waals surface area contributed by atoms with Gasteiger partial charge >= 0.3 is 0 Å². The van der Waals surface area contributed by atoms with Crippen molar-refractivity contribution in [3.8, 4) is 5.75 Å². The van der Waals surface area contributed by atoms with E-state index in [0.717, 1.165) is 21.9 Å². The van der Waals surface area contributed by atoms with Crippen LogP contribution in [0.5, 0.6) is 5.75 Å². The summed E-state index contributed by atoms with van der Waals surface area (Å²) in [5, 5.41) is 3.30. The van der Waals surface area contributed by atoms with Gasteiger partial charge in [-0.15, -0.1) is 0 Å². The predicted octanol–water partition coefficient (Wildman–Crippen LogP) is 3.77. The van der Waals surface area contributed by atoms with Crippen LogP contribution in [0.15, 0.2) is 48.5 Å². The molecule has 0 saturated heterocycles. The Balaban J connectivity index is 2.28. The van der Waals surface area contributed by atoms with E-state index in [1.54, 1.807) is 32.2 Å². The fourth-order valence-electron chi connectivity index (χ4n) is 2.96. The van der Waals surface area contributed by atoms with Crippen molar-refractivity contribution >= 4 is 33.2 Å². The number of amides is 1. The van der Waals surface area contributed by atoms with Crippen LogP contribution in [0.1, 0.15) is 31.9 Å². The van der Waals surface area contributed by atoms with E-state index in [1.807, 2.05) is 31.2 Å². The van der Waals surface area contributed by atoms with E-state index in [2.05, 4.69) is 5.32 Å². The highest BCUT2D eigenvalue weighted by Gasteiger charge is 2.32. The number of hydrogen-bond acceptors (Lipinski definition) is 4. The highest BCUT2D eigenvalue weighted by atomic mass is 35.5. The zero-order valence-electron chi connectivity index (χ0n) is 16.3. The van der Waals surface area contributed by atoms with Crippen LogP contribution < -0.4 is 14.4 Å². The fourth-order valence-corrected chi connectivity index (χ4v) is 4.35. The number of nitrogens with one attached hydrogen (secondary N) is 1. The first kappa shape index (κ1) is 22.0. The van der Waals surface area contributed by atoms with Gasteiger partial charge in [0.05, 0.1) is 25.1 Å². The Kier molecular flexibility index (Phi) is 7.32. The first-order valence-corrected chi connectivity index (χ1v) is 11.1. The Hall–Kier alpha value is -2.25. The second-order valence-electron chi connectivity index (χ2n) is 6.47. The fraction of sp³-hybridized carbons (Fsp3) is 0.350. The lowest BCUT2D eigenvalue weighted by Gasteiger charge is -2.31. The van der Waals surface area contributed by atoms with Gasteiger partial charge in [-0.25, -0.2) is 8.42 Å². The van der Waals surface area contributed by atoms with Gasteiger partial charge in [0.2, 0.25) is 15.9 Å². The lowest BCUT2D eigenvalue weighted by atomic mass is 10.1. The Bertz CT molecular complexity index is 916. The highest BCUT2D eigenvalue weighted by molar-refractivity contribution is 7.92. The van der Waals surface area contributed by atoms with Crippen LogP contribution in [0.25, 0.3) is 0 Å². The zero-order chi connectivity index (χ0) is 20.9. The molecular formula is C20H25ClN2O4S. The molecule has 0 aromatic heterocycles. The van der Waals surface area contributed by atoms with E-state index in [-0.39, 0.29) is 11.9 Å². The quantitative estimate of drug-likeness (QED) is 0.699. The molecule has 0 spiro atoms. The van der Waals surface area contributed by atoms with Crippen LogP contribution in [-0.2, 0) is 14.8 Å². The molecule has 0 bridgehead atoms. The molecule has 152 valence electrons. The van der Waals surface area contributed by atoms with Gasteiger partial charge in [-0.1, -0.05) is 36.7 Å². The number of anilines is 1. The number of halogens is 1. The number of ether oxygens (including phenoxy) is 1. The Morgan fingerprint density at radius 1 is 1.21 bits per heavy atom. The van der Waals surface area contributed by atoms with Crippen molar-refractivity contribution < 1.29 is 17.9 Å². The molecule has 0 radical (unpaired) electrons. The predicted molar refractivity (Wildman–Crippen MR) is 112 cm³/mol. The smallest absolute Gasteiger partial charge is 0.244 e. The van der Waals surface area contributed by atoms with Gasteiger partial charge in [0.25, 0.3) is 0 Å². The number of hydrogen-bond donors (Lipinski definition) is 1. The molecule has 0 aliphatic rings. The zero-order valence-corrected chi connectivity index (χ0v) is 17.9. The van der Waals surface area contributed by atoms with E-state index in [0.29, 0.717) is 17.1 Å². The van der Waals surface area contributed by atoms with Gasteiger partial charge in [-0.3, -0.25) is 9.10 Å². The van der Waals surface area contributed by atoms with Crippen LogP contribution in [0.3, 0.4) is 0 Å². The van der Waals surface area contributed by atoms with Gasteiger partial charge in [0, 0.05) is 5.02 Å². The first-order valence-electron chi connectivity index (χ1n) is 8.86. The molecule has 1 amide bonds. The molecule has 2 rings (SSSR count). The van der Waals surface area contributed by atoms with E-state index in [9.17, 15) is 13.2 Å². The maximum atomic E-state index is 13.0. The summed E-state index contributed by atoms with van der Waals surface area (Å²) >= 11 is 6.02. The molecule has 1 N–H and O–H groups in total. The van der Waals surface area contributed by atoms with Gasteiger partial charge in [-0.2, -0.15) is 0 Å². The number of sulfonamides is 1. The molecule has 0 unspecified atom stereocenters. The third-order valence-electron chi connectivity index (χ3n) is 4.37. The molecule has 2 atom stereocenters. The molecule has 8 heteroatoms. The van der Waals surface area contributed by atoms with Gasteiger partial charge in [-0.05, 0) is 49.2 Å². The van der Waals surface area contributed by atoms with Crippen molar-refractivity contribution in [1.29, 1.82) is 0 Å². The average Bonchev–Trinajstić information content (AvgIpc) is 2.64. The Morgan fingerprint density at radius 2 is 1.86 bits per heavy atom. The second kappa shape index (κ2) is 9.30. The van der Waals surface area contributed by atoms with Crippen molar-refractivity contribution in [2.75, 3.05) is 17.7 Å². The number of carbonyl (C=O) groups is 1. The Labute approximate surface area is 171 Å². The summed E-state index contributed by atoms with van der Waals surface area (Å²) in [5.41, 5.74) is 1.24. The summed E-state index contributed by atoms with van der Waals surface area (Å²) in [6.07, 6.45) is 1.39. The van der Waals surface area contributed by atoms with Crippen LogP contribution in [-0.4, -0.2) is 33.7 Å². The van der Waals surface area contributed by atoms with Crippen molar-refractivity contribution in [1.82, 2.24) is 5.32 Å². The summed E-state index contributed by atoms with van der Waals surface area (Å²) in [5.74, 6) is 0.342. The van der Waals surface area contributed by atoms with Crippen molar-refractivity contribution in [3.63, 3.8) is 0 Å². The van der Waals surface area contributed by atoms with E-state index < -0.39 is 16.1 Å². The van der Waals surface area contributed by atoms with Crippen LogP contribution in [0, 0.1) is 0 Å². The third kappa shape index (κ3) is 5.39. The lowest BCUT2D eigenvalue weighted by molar-refractivity contribution is -0.122. The van der Waals surface area contributed by atoms with E-state index in [4.69, 9.17) is 16.3 Å². The summed E-state index contributed by atoms with van der Waals surface area (Å²) in [6.45, 7) is 3.61. The minimum Gasteiger partial charge on any atom is -0.497 e. The van der Waals surface area contributed by atoms with Crippen molar-refractivity contribution in [2.45, 2.75) is 32.4 Å². The van der Waals surface area contributed by atoms with Crippen LogP contribution in [0.4, 0.5) is 5.69 Å². The summed E-state index contributed by atoms with van der Waals surface area (Å²) in [4.78, 5) is 13.0. The molecule has 0 heterocycles. The lowest BCUT2D eigenvalue weighted by Crippen LogP contribution is -2.49. The second-order valence-corrected chi connectivity index (χ2v) is 8.76.